The van der Waals surface area contributed by atoms with E-state index in [1.165, 1.54) is 12.1 Å². The Labute approximate surface area is 160 Å². The van der Waals surface area contributed by atoms with Crippen LogP contribution in [0.3, 0.4) is 0 Å². The molecule has 1 unspecified atom stereocenters. The molecule has 0 bridgehead atoms. The van der Waals surface area contributed by atoms with Crippen LogP contribution in [0.2, 0.25) is 0 Å². The molecule has 2 N–H and O–H groups in total. The van der Waals surface area contributed by atoms with Crippen LogP contribution in [-0.4, -0.2) is 42.6 Å². The first-order valence-corrected chi connectivity index (χ1v) is 8.85. The van der Waals surface area contributed by atoms with Gasteiger partial charge < -0.3 is 24.8 Å². The van der Waals surface area contributed by atoms with E-state index in [2.05, 4.69) is 5.32 Å². The molecule has 2 amide bonds. The number of benzene rings is 2. The summed E-state index contributed by atoms with van der Waals surface area (Å²) in [5, 5.41) is 11.7. The zero-order valence-electron chi connectivity index (χ0n) is 14.9. The molecule has 2 aliphatic heterocycles. The van der Waals surface area contributed by atoms with Gasteiger partial charge >= 0.3 is 5.97 Å². The number of fused-ring (bicyclic) bond motifs is 1. The number of nitrogens with one attached hydrogen (secondary N) is 1. The van der Waals surface area contributed by atoms with Crippen LogP contribution in [0.25, 0.3) is 0 Å². The van der Waals surface area contributed by atoms with Crippen LogP contribution < -0.4 is 19.7 Å². The predicted octanol–water partition coefficient (Wildman–Crippen LogP) is 2.15. The van der Waals surface area contributed by atoms with Gasteiger partial charge in [-0.3, -0.25) is 9.59 Å². The number of nitrogens with zero attached hydrogens (tertiary/aromatic N) is 1. The summed E-state index contributed by atoms with van der Waals surface area (Å²) < 4.78 is 11.0. The summed E-state index contributed by atoms with van der Waals surface area (Å²) in [4.78, 5) is 37.6. The van der Waals surface area contributed by atoms with Crippen molar-refractivity contribution in [3.8, 4) is 11.5 Å². The lowest BCUT2D eigenvalue weighted by Crippen LogP contribution is -2.28. The van der Waals surface area contributed by atoms with Crippen molar-refractivity contribution in [2.75, 3.05) is 30.0 Å². The maximum atomic E-state index is 12.6. The number of carboxylic acids is 1. The van der Waals surface area contributed by atoms with E-state index < -0.39 is 11.9 Å². The number of hydrogen-bond donors (Lipinski definition) is 2. The molecule has 1 atom stereocenters. The zero-order valence-corrected chi connectivity index (χ0v) is 14.9. The van der Waals surface area contributed by atoms with Crippen molar-refractivity contribution in [1.29, 1.82) is 0 Å². The summed E-state index contributed by atoms with van der Waals surface area (Å²) in [5.41, 5.74) is 1.12. The van der Waals surface area contributed by atoms with E-state index in [9.17, 15) is 14.4 Å². The Morgan fingerprint density at radius 2 is 1.86 bits per heavy atom. The quantitative estimate of drug-likeness (QED) is 0.839. The summed E-state index contributed by atoms with van der Waals surface area (Å²) in [6.45, 7) is 1.17. The lowest BCUT2D eigenvalue weighted by atomic mass is 10.1. The Hall–Kier alpha value is -3.55. The number of carboxylic acid groups (broad SMARTS) is 1. The monoisotopic (exact) mass is 382 g/mol. The average molecular weight is 382 g/mol. The maximum absolute atomic E-state index is 12.6. The van der Waals surface area contributed by atoms with Gasteiger partial charge in [0.05, 0.1) is 11.5 Å². The molecule has 144 valence electrons. The van der Waals surface area contributed by atoms with Crippen molar-refractivity contribution >= 4 is 29.2 Å². The third-order valence-electron chi connectivity index (χ3n) is 4.71. The number of carbonyl (C=O) groups is 3. The number of rotatable bonds is 4. The minimum atomic E-state index is -1.07. The lowest BCUT2D eigenvalue weighted by Gasteiger charge is -2.22. The number of anilines is 2. The van der Waals surface area contributed by atoms with Crippen LogP contribution >= 0.6 is 0 Å². The average Bonchev–Trinajstić information content (AvgIpc) is 3.09. The topological polar surface area (TPSA) is 105 Å². The van der Waals surface area contributed by atoms with Crippen LogP contribution in [0.5, 0.6) is 11.5 Å². The van der Waals surface area contributed by atoms with E-state index in [0.717, 1.165) is 0 Å². The molecule has 0 saturated carbocycles. The number of amides is 2. The third-order valence-corrected chi connectivity index (χ3v) is 4.71. The Morgan fingerprint density at radius 3 is 2.64 bits per heavy atom. The predicted molar refractivity (Wildman–Crippen MR) is 99.9 cm³/mol. The SMILES string of the molecule is O=C(O)c1cccc(NC(=O)C2CC(=O)N(c3ccc4c(c3)OCCO4)C2)c1. The smallest absolute Gasteiger partial charge is 0.335 e. The second-order valence-electron chi connectivity index (χ2n) is 6.61. The molecule has 1 fully saturated rings. The Morgan fingerprint density at radius 1 is 1.07 bits per heavy atom. The Kier molecular flexibility index (Phi) is 4.60. The molecular weight excluding hydrogens is 364 g/mol. The molecule has 0 aromatic heterocycles. The van der Waals surface area contributed by atoms with Crippen molar-refractivity contribution in [3.05, 3.63) is 48.0 Å². The van der Waals surface area contributed by atoms with Gasteiger partial charge in [-0.05, 0) is 30.3 Å². The first-order chi connectivity index (χ1) is 13.5. The van der Waals surface area contributed by atoms with Gasteiger partial charge in [0.25, 0.3) is 0 Å². The minimum Gasteiger partial charge on any atom is -0.486 e. The fourth-order valence-electron chi connectivity index (χ4n) is 3.31. The summed E-state index contributed by atoms with van der Waals surface area (Å²) in [6, 6.07) is 11.3. The third kappa shape index (κ3) is 3.48. The molecule has 2 heterocycles. The molecule has 0 aliphatic carbocycles. The molecular formula is C20H18N2O6. The molecule has 4 rings (SSSR count). The van der Waals surface area contributed by atoms with Crippen LogP contribution in [-0.2, 0) is 9.59 Å². The molecule has 0 spiro atoms. The standard InChI is InChI=1S/C20H18N2O6/c23-18-9-13(19(24)21-14-3-1-2-12(8-14)20(25)26)11-22(18)15-4-5-16-17(10-15)28-7-6-27-16/h1-5,8,10,13H,6-7,9,11H2,(H,21,24)(H,25,26). The maximum Gasteiger partial charge on any atom is 0.335 e. The zero-order chi connectivity index (χ0) is 19.7. The van der Waals surface area contributed by atoms with Crippen LogP contribution in [0.15, 0.2) is 42.5 Å². The highest BCUT2D eigenvalue weighted by molar-refractivity contribution is 6.04. The van der Waals surface area contributed by atoms with Crippen LogP contribution in [0, 0.1) is 5.92 Å². The lowest BCUT2D eigenvalue weighted by molar-refractivity contribution is -0.122. The molecule has 2 aromatic rings. The van der Waals surface area contributed by atoms with Gasteiger partial charge in [0.15, 0.2) is 11.5 Å². The van der Waals surface area contributed by atoms with Gasteiger partial charge in [0, 0.05) is 30.4 Å². The minimum absolute atomic E-state index is 0.0817. The van der Waals surface area contributed by atoms with E-state index in [-0.39, 0.29) is 30.3 Å². The highest BCUT2D eigenvalue weighted by atomic mass is 16.6. The van der Waals surface area contributed by atoms with Crippen molar-refractivity contribution in [2.24, 2.45) is 5.92 Å². The van der Waals surface area contributed by atoms with E-state index in [1.807, 2.05) is 0 Å². The number of hydrogen-bond acceptors (Lipinski definition) is 5. The van der Waals surface area contributed by atoms with Gasteiger partial charge in [0.2, 0.25) is 11.8 Å². The second-order valence-corrected chi connectivity index (χ2v) is 6.61. The summed E-state index contributed by atoms with van der Waals surface area (Å²) in [5.74, 6) is -0.873. The van der Waals surface area contributed by atoms with Crippen molar-refractivity contribution < 1.29 is 29.0 Å². The first kappa shape index (κ1) is 17.8. The number of carbonyl (C=O) groups excluding carboxylic acids is 2. The molecule has 8 heteroatoms. The van der Waals surface area contributed by atoms with E-state index in [1.54, 1.807) is 35.2 Å². The van der Waals surface area contributed by atoms with Crippen LogP contribution in [0.4, 0.5) is 11.4 Å². The van der Waals surface area contributed by atoms with E-state index in [4.69, 9.17) is 14.6 Å². The Balaban J connectivity index is 1.46. The van der Waals surface area contributed by atoms with Crippen molar-refractivity contribution in [3.63, 3.8) is 0 Å². The van der Waals surface area contributed by atoms with E-state index in [0.29, 0.717) is 36.1 Å². The number of aromatic carboxylic acids is 1. The molecule has 2 aromatic carbocycles. The molecule has 1 saturated heterocycles. The van der Waals surface area contributed by atoms with E-state index >= 15 is 0 Å². The number of ether oxygens (including phenoxy) is 2. The fraction of sp³-hybridized carbons (Fsp3) is 0.250. The molecule has 28 heavy (non-hydrogen) atoms. The highest BCUT2D eigenvalue weighted by Gasteiger charge is 2.35. The van der Waals surface area contributed by atoms with Gasteiger partial charge in [0.1, 0.15) is 13.2 Å². The normalized spacial score (nSPS) is 18.1. The van der Waals surface area contributed by atoms with Gasteiger partial charge in [-0.15, -0.1) is 0 Å². The molecule has 2 aliphatic rings. The largest absolute Gasteiger partial charge is 0.486 e. The molecule has 0 radical (unpaired) electrons. The van der Waals surface area contributed by atoms with Gasteiger partial charge in [-0.1, -0.05) is 6.07 Å². The summed E-state index contributed by atoms with van der Waals surface area (Å²) >= 11 is 0. The molecule has 8 nitrogen and oxygen atoms in total. The fourth-order valence-corrected chi connectivity index (χ4v) is 3.31. The summed E-state index contributed by atoms with van der Waals surface area (Å²) in [7, 11) is 0. The highest BCUT2D eigenvalue weighted by Crippen LogP contribution is 2.36. The first-order valence-electron chi connectivity index (χ1n) is 8.85. The second kappa shape index (κ2) is 7.22. The van der Waals surface area contributed by atoms with Crippen molar-refractivity contribution in [1.82, 2.24) is 0 Å². The van der Waals surface area contributed by atoms with Gasteiger partial charge in [-0.25, -0.2) is 4.79 Å². The van der Waals surface area contributed by atoms with Crippen molar-refractivity contribution in [2.45, 2.75) is 6.42 Å². The van der Waals surface area contributed by atoms with Crippen LogP contribution in [0.1, 0.15) is 16.8 Å². The Bertz CT molecular complexity index is 957. The summed E-state index contributed by atoms with van der Waals surface area (Å²) in [6.07, 6.45) is 0.0822. The van der Waals surface area contributed by atoms with Gasteiger partial charge in [-0.2, -0.15) is 0 Å².